The van der Waals surface area contributed by atoms with Gasteiger partial charge in [0.2, 0.25) is 5.75 Å². The molecule has 162 valence electrons. The van der Waals surface area contributed by atoms with Crippen LogP contribution in [0.5, 0.6) is 5.75 Å². The van der Waals surface area contributed by atoms with Crippen molar-refractivity contribution in [3.63, 3.8) is 0 Å². The molecule has 2 aromatic heterocycles. The lowest BCUT2D eigenvalue weighted by molar-refractivity contribution is 0.212. The molecule has 7 nitrogen and oxygen atoms in total. The molecular weight excluding hydrogens is 446 g/mol. The highest BCUT2D eigenvalue weighted by atomic mass is 35.5. The largest absolute Gasteiger partial charge is 0.478 e. The van der Waals surface area contributed by atoms with Gasteiger partial charge in [0.15, 0.2) is 11.4 Å². The molecule has 31 heavy (non-hydrogen) atoms. The molecule has 1 aliphatic rings. The van der Waals surface area contributed by atoms with Crippen LogP contribution in [0, 0.1) is 5.82 Å². The summed E-state index contributed by atoms with van der Waals surface area (Å²) in [6.07, 6.45) is 3.33. The second-order valence-electron chi connectivity index (χ2n) is 7.15. The predicted octanol–water partition coefficient (Wildman–Crippen LogP) is 5.16. The molecule has 0 unspecified atom stereocenters. The number of nitrogens with two attached hydrogens (primary N) is 2. The first kappa shape index (κ1) is 21.3. The van der Waals surface area contributed by atoms with Gasteiger partial charge in [0, 0.05) is 35.3 Å². The fourth-order valence-electron chi connectivity index (χ4n) is 3.51. The van der Waals surface area contributed by atoms with E-state index in [1.165, 1.54) is 17.0 Å². The van der Waals surface area contributed by atoms with E-state index < -0.39 is 18.0 Å². The highest BCUT2D eigenvalue weighted by molar-refractivity contribution is 6.36. The van der Waals surface area contributed by atoms with E-state index in [1.54, 1.807) is 13.1 Å². The van der Waals surface area contributed by atoms with Crippen LogP contribution in [0.1, 0.15) is 30.8 Å². The third-order valence-corrected chi connectivity index (χ3v) is 5.87. The number of hydrogen-bond acceptors (Lipinski definition) is 5. The third kappa shape index (κ3) is 4.00. The van der Waals surface area contributed by atoms with Crippen molar-refractivity contribution in [3.05, 3.63) is 57.7 Å². The number of ether oxygens (including phenoxy) is 1. The van der Waals surface area contributed by atoms with Gasteiger partial charge in [-0.05, 0) is 37.1 Å². The van der Waals surface area contributed by atoms with Crippen molar-refractivity contribution in [3.8, 4) is 5.75 Å². The van der Waals surface area contributed by atoms with E-state index in [-0.39, 0.29) is 21.6 Å². The number of carbonyl (C=O) groups is 1. The minimum atomic E-state index is -0.725. The van der Waals surface area contributed by atoms with Gasteiger partial charge >= 0.3 is 6.03 Å². The highest BCUT2D eigenvalue weighted by Crippen LogP contribution is 2.40. The lowest BCUT2D eigenvalue weighted by atomic mass is 10.1. The van der Waals surface area contributed by atoms with Crippen LogP contribution >= 0.6 is 23.2 Å². The van der Waals surface area contributed by atoms with E-state index in [9.17, 15) is 9.18 Å². The Morgan fingerprint density at radius 3 is 2.84 bits per heavy atom. The lowest BCUT2D eigenvalue weighted by Crippen LogP contribution is -2.38. The van der Waals surface area contributed by atoms with Crippen molar-refractivity contribution in [2.24, 2.45) is 5.73 Å². The molecule has 1 aromatic carbocycles. The van der Waals surface area contributed by atoms with Crippen LogP contribution < -0.4 is 16.2 Å². The molecule has 0 bridgehead atoms. The minimum Gasteiger partial charge on any atom is -0.478 e. The molecule has 0 aliphatic carbocycles. The number of rotatable bonds is 4. The fourth-order valence-corrected chi connectivity index (χ4v) is 4.19. The van der Waals surface area contributed by atoms with Crippen LogP contribution in [0.2, 0.25) is 10.0 Å². The zero-order valence-corrected chi connectivity index (χ0v) is 18.0. The maximum absolute atomic E-state index is 13.9. The Kier molecular flexibility index (Phi) is 5.68. The zero-order valence-electron chi connectivity index (χ0n) is 16.5. The van der Waals surface area contributed by atoms with Gasteiger partial charge in [-0.15, -0.1) is 0 Å². The molecule has 1 aliphatic heterocycles. The fraction of sp³-hybridized carbons (Fsp3) is 0.238. The molecule has 0 saturated heterocycles. The van der Waals surface area contributed by atoms with Crippen LogP contribution in [-0.4, -0.2) is 29.0 Å². The standard InChI is InChI=1S/C21H19Cl2FN4O3/c1-10(16-13(22)2-3-14(24)17(16)23)30-19-18-12(9-27-20(19)25)8-15(31-18)11-4-6-28(7-5-11)21(26)29/h2-4,8-10H,5-7H2,1H3,(H2,25,27)(H2,26,29)/t10-/m1/s1. The van der Waals surface area contributed by atoms with Crippen LogP contribution in [0.3, 0.4) is 0 Å². The van der Waals surface area contributed by atoms with Crippen LogP contribution in [0.15, 0.2) is 34.9 Å². The number of nitrogen functional groups attached to an aromatic ring is 1. The van der Waals surface area contributed by atoms with Crippen LogP contribution in [-0.2, 0) is 0 Å². The number of furan rings is 1. The third-order valence-electron chi connectivity index (χ3n) is 5.16. The maximum Gasteiger partial charge on any atom is 0.315 e. The number of aromatic nitrogens is 1. The van der Waals surface area contributed by atoms with Gasteiger partial charge in [-0.1, -0.05) is 29.3 Å². The van der Waals surface area contributed by atoms with Gasteiger partial charge in [0.25, 0.3) is 0 Å². The van der Waals surface area contributed by atoms with E-state index in [4.69, 9.17) is 43.8 Å². The molecule has 4 N–H and O–H groups in total. The Bertz CT molecular complexity index is 1210. The summed E-state index contributed by atoms with van der Waals surface area (Å²) >= 11 is 12.3. The van der Waals surface area contributed by atoms with Crippen molar-refractivity contribution in [2.75, 3.05) is 18.8 Å². The first-order chi connectivity index (χ1) is 14.8. The number of hydrogen-bond donors (Lipinski definition) is 2. The Labute approximate surface area is 187 Å². The molecule has 1 atom stereocenters. The van der Waals surface area contributed by atoms with Crippen molar-refractivity contribution < 1.29 is 18.3 Å². The number of halogens is 3. The summed E-state index contributed by atoms with van der Waals surface area (Å²) in [6.45, 7) is 2.57. The van der Waals surface area contributed by atoms with Crippen LogP contribution in [0.4, 0.5) is 15.0 Å². The van der Waals surface area contributed by atoms with E-state index >= 15 is 0 Å². The van der Waals surface area contributed by atoms with E-state index in [1.807, 2.05) is 12.1 Å². The number of benzene rings is 1. The number of amides is 2. The summed E-state index contributed by atoms with van der Waals surface area (Å²) in [5.74, 6) is 0.338. The number of fused-ring (bicyclic) bond motifs is 1. The van der Waals surface area contributed by atoms with Crippen LogP contribution in [0.25, 0.3) is 16.5 Å². The summed E-state index contributed by atoms with van der Waals surface area (Å²) in [5, 5.41) is 0.829. The average Bonchev–Trinajstić information content (AvgIpc) is 3.18. The zero-order chi connectivity index (χ0) is 22.3. The Morgan fingerprint density at radius 1 is 1.39 bits per heavy atom. The Hall–Kier alpha value is -2.97. The first-order valence-corrected chi connectivity index (χ1v) is 10.2. The smallest absolute Gasteiger partial charge is 0.315 e. The first-order valence-electron chi connectivity index (χ1n) is 9.48. The number of carbonyl (C=O) groups excluding carboxylic acids is 1. The number of anilines is 1. The van der Waals surface area contributed by atoms with Gasteiger partial charge in [0.05, 0.1) is 5.02 Å². The van der Waals surface area contributed by atoms with Crippen molar-refractivity contribution in [1.82, 2.24) is 9.88 Å². The predicted molar refractivity (Wildman–Crippen MR) is 118 cm³/mol. The molecule has 4 rings (SSSR count). The van der Waals surface area contributed by atoms with E-state index in [0.717, 1.165) is 5.57 Å². The minimum absolute atomic E-state index is 0.112. The SMILES string of the molecule is C[C@@H](Oc1c(N)ncc2cc(C3=CCN(C(N)=O)CC3)oc12)c1c(Cl)ccc(F)c1Cl. The second-order valence-corrected chi connectivity index (χ2v) is 7.93. The maximum atomic E-state index is 13.9. The number of primary amides is 1. The van der Waals surface area contributed by atoms with Crippen molar-refractivity contribution >= 4 is 51.6 Å². The molecule has 3 aromatic rings. The quantitative estimate of drug-likeness (QED) is 0.518. The number of pyridine rings is 1. The molecule has 0 saturated carbocycles. The number of urea groups is 1. The summed E-state index contributed by atoms with van der Waals surface area (Å²) in [5.41, 5.74) is 13.0. The van der Waals surface area contributed by atoms with Crippen molar-refractivity contribution in [2.45, 2.75) is 19.4 Å². The lowest BCUT2D eigenvalue weighted by Gasteiger charge is -2.23. The molecule has 0 fully saturated rings. The average molecular weight is 465 g/mol. The normalized spacial score (nSPS) is 15.1. The monoisotopic (exact) mass is 464 g/mol. The van der Waals surface area contributed by atoms with Gasteiger partial charge in [0.1, 0.15) is 17.7 Å². The van der Waals surface area contributed by atoms with E-state index in [0.29, 0.717) is 41.8 Å². The highest BCUT2D eigenvalue weighted by Gasteiger charge is 2.24. The van der Waals surface area contributed by atoms with Gasteiger partial charge < -0.3 is 25.5 Å². The molecule has 10 heteroatoms. The van der Waals surface area contributed by atoms with Gasteiger partial charge in [-0.3, -0.25) is 0 Å². The summed E-state index contributed by atoms with van der Waals surface area (Å²) in [6, 6.07) is 3.97. The summed E-state index contributed by atoms with van der Waals surface area (Å²) in [7, 11) is 0. The van der Waals surface area contributed by atoms with E-state index in [2.05, 4.69) is 4.98 Å². The topological polar surface area (TPSA) is 108 Å². The summed E-state index contributed by atoms with van der Waals surface area (Å²) in [4.78, 5) is 17.0. The van der Waals surface area contributed by atoms with Gasteiger partial charge in [-0.2, -0.15) is 0 Å². The molecule has 3 heterocycles. The second kappa shape index (κ2) is 8.28. The number of nitrogens with zero attached hydrogens (tertiary/aromatic N) is 2. The molecule has 0 spiro atoms. The Balaban J connectivity index is 1.69. The Morgan fingerprint density at radius 2 is 2.16 bits per heavy atom. The molecule has 0 radical (unpaired) electrons. The molecule has 2 amide bonds. The van der Waals surface area contributed by atoms with Crippen molar-refractivity contribution in [1.29, 1.82) is 0 Å². The summed E-state index contributed by atoms with van der Waals surface area (Å²) < 4.78 is 26.0. The molecular formula is C21H19Cl2FN4O3. The van der Waals surface area contributed by atoms with Gasteiger partial charge in [-0.25, -0.2) is 14.2 Å².